The first-order chi connectivity index (χ1) is 7.29. The minimum absolute atomic E-state index is 0.582. The van der Waals surface area contributed by atoms with E-state index in [0.29, 0.717) is 11.9 Å². The minimum atomic E-state index is 0.582. The zero-order valence-electron chi connectivity index (χ0n) is 9.31. The largest absolute Gasteiger partial charge is 0.480 e. The topological polar surface area (TPSA) is 38.2 Å². The average molecular weight is 207 g/mol. The van der Waals surface area contributed by atoms with E-state index < -0.39 is 0 Å². The van der Waals surface area contributed by atoms with Gasteiger partial charge in [-0.05, 0) is 32.5 Å². The second-order valence-corrected chi connectivity index (χ2v) is 4.05. The summed E-state index contributed by atoms with van der Waals surface area (Å²) in [5.41, 5.74) is 1.05. The average Bonchev–Trinajstić information content (AvgIpc) is 2.66. The number of ether oxygens (including phenoxy) is 1. The molecule has 1 saturated heterocycles. The van der Waals surface area contributed by atoms with Gasteiger partial charge in [-0.15, -0.1) is 5.10 Å². The van der Waals surface area contributed by atoms with Crippen molar-refractivity contribution >= 4 is 0 Å². The van der Waals surface area contributed by atoms with E-state index in [4.69, 9.17) is 4.74 Å². The van der Waals surface area contributed by atoms with Crippen LogP contribution in [0.1, 0.15) is 18.5 Å². The summed E-state index contributed by atoms with van der Waals surface area (Å²) >= 11 is 0. The summed E-state index contributed by atoms with van der Waals surface area (Å²) in [7, 11) is 3.78. The van der Waals surface area contributed by atoms with Crippen LogP contribution in [0.25, 0.3) is 0 Å². The second kappa shape index (κ2) is 4.57. The molecule has 82 valence electrons. The monoisotopic (exact) mass is 207 g/mol. The van der Waals surface area contributed by atoms with Crippen molar-refractivity contribution in [3.8, 4) is 5.88 Å². The molecule has 1 unspecified atom stereocenters. The summed E-state index contributed by atoms with van der Waals surface area (Å²) in [5, 5.41) is 8.12. The first kappa shape index (κ1) is 10.4. The molecule has 0 saturated carbocycles. The Kier molecular flexibility index (Phi) is 3.16. The lowest BCUT2D eigenvalue weighted by Gasteiger charge is -2.18. The highest BCUT2D eigenvalue weighted by molar-refractivity contribution is 5.12. The van der Waals surface area contributed by atoms with Crippen molar-refractivity contribution in [2.45, 2.75) is 25.3 Å². The van der Waals surface area contributed by atoms with E-state index in [2.05, 4.69) is 22.1 Å². The van der Waals surface area contributed by atoms with Crippen LogP contribution >= 0.6 is 0 Å². The van der Waals surface area contributed by atoms with Crippen molar-refractivity contribution < 1.29 is 4.74 Å². The molecule has 1 aromatic heterocycles. The van der Waals surface area contributed by atoms with E-state index >= 15 is 0 Å². The fraction of sp³-hybridized carbons (Fsp3) is 0.636. The molecule has 1 aliphatic rings. The molecule has 0 N–H and O–H groups in total. The quantitative estimate of drug-likeness (QED) is 0.744. The molecule has 0 aliphatic carbocycles. The van der Waals surface area contributed by atoms with Crippen LogP contribution in [-0.4, -0.2) is 41.8 Å². The Morgan fingerprint density at radius 1 is 1.47 bits per heavy atom. The van der Waals surface area contributed by atoms with Gasteiger partial charge in [0.2, 0.25) is 5.88 Å². The normalized spacial score (nSPS) is 21.9. The zero-order valence-corrected chi connectivity index (χ0v) is 9.31. The molecule has 0 radical (unpaired) electrons. The molecule has 1 aliphatic heterocycles. The number of methoxy groups -OCH3 is 1. The molecule has 1 fully saturated rings. The fourth-order valence-electron chi connectivity index (χ4n) is 2.04. The van der Waals surface area contributed by atoms with Crippen LogP contribution in [0.5, 0.6) is 5.88 Å². The van der Waals surface area contributed by atoms with Crippen LogP contribution in [0.15, 0.2) is 12.1 Å². The van der Waals surface area contributed by atoms with Gasteiger partial charge in [0.05, 0.1) is 12.8 Å². The highest BCUT2D eigenvalue weighted by Gasteiger charge is 2.21. The number of likely N-dealkylation sites (N-methyl/N-ethyl adjacent to an activating group) is 1. The first-order valence-electron chi connectivity index (χ1n) is 5.36. The van der Waals surface area contributed by atoms with Gasteiger partial charge in [0.25, 0.3) is 0 Å². The van der Waals surface area contributed by atoms with E-state index in [9.17, 15) is 0 Å². The maximum absolute atomic E-state index is 4.98. The first-order valence-corrected chi connectivity index (χ1v) is 5.36. The Balaban J connectivity index is 1.98. The van der Waals surface area contributed by atoms with Crippen molar-refractivity contribution in [2.75, 3.05) is 20.7 Å². The number of hydrogen-bond donors (Lipinski definition) is 0. The van der Waals surface area contributed by atoms with Crippen LogP contribution < -0.4 is 4.74 Å². The Labute approximate surface area is 90.3 Å². The SMILES string of the molecule is COc1ccc(CC2CCCN2C)nn1. The maximum atomic E-state index is 4.98. The standard InChI is InChI=1S/C11H17N3O/c1-14-7-3-4-10(14)8-9-5-6-11(15-2)13-12-9/h5-6,10H,3-4,7-8H2,1-2H3. The van der Waals surface area contributed by atoms with E-state index in [1.807, 2.05) is 12.1 Å². The number of likely N-dealkylation sites (tertiary alicyclic amines) is 1. The Hall–Kier alpha value is -1.16. The molecule has 2 rings (SSSR count). The molecule has 4 heteroatoms. The molecule has 0 spiro atoms. The number of nitrogens with zero attached hydrogens (tertiary/aromatic N) is 3. The van der Waals surface area contributed by atoms with Crippen LogP contribution in [-0.2, 0) is 6.42 Å². The van der Waals surface area contributed by atoms with Crippen molar-refractivity contribution in [1.82, 2.24) is 15.1 Å². The lowest BCUT2D eigenvalue weighted by atomic mass is 10.1. The Bertz CT molecular complexity index is 312. The van der Waals surface area contributed by atoms with E-state index in [1.54, 1.807) is 7.11 Å². The van der Waals surface area contributed by atoms with Gasteiger partial charge in [-0.25, -0.2) is 0 Å². The van der Waals surface area contributed by atoms with Crippen molar-refractivity contribution in [3.05, 3.63) is 17.8 Å². The molecular weight excluding hydrogens is 190 g/mol. The molecule has 0 aromatic carbocycles. The third-order valence-electron chi connectivity index (χ3n) is 3.02. The van der Waals surface area contributed by atoms with Crippen LogP contribution in [0.2, 0.25) is 0 Å². The third-order valence-corrected chi connectivity index (χ3v) is 3.02. The lowest BCUT2D eigenvalue weighted by molar-refractivity contribution is 0.306. The molecule has 1 aromatic rings. The summed E-state index contributed by atoms with van der Waals surface area (Å²) in [6.07, 6.45) is 3.56. The molecule has 4 nitrogen and oxygen atoms in total. The zero-order chi connectivity index (χ0) is 10.7. The van der Waals surface area contributed by atoms with Gasteiger partial charge in [-0.2, -0.15) is 5.10 Å². The number of rotatable bonds is 3. The molecule has 0 bridgehead atoms. The lowest BCUT2D eigenvalue weighted by Crippen LogP contribution is -2.27. The molecule has 0 amide bonds. The van der Waals surface area contributed by atoms with E-state index in [1.165, 1.54) is 19.4 Å². The van der Waals surface area contributed by atoms with Gasteiger partial charge in [0.15, 0.2) is 0 Å². The smallest absolute Gasteiger partial charge is 0.233 e. The molecule has 2 heterocycles. The molecular formula is C11H17N3O. The van der Waals surface area contributed by atoms with Gasteiger partial charge in [-0.3, -0.25) is 0 Å². The van der Waals surface area contributed by atoms with Crippen LogP contribution in [0.3, 0.4) is 0 Å². The summed E-state index contributed by atoms with van der Waals surface area (Å²) in [6, 6.07) is 4.50. The highest BCUT2D eigenvalue weighted by Crippen LogP contribution is 2.18. The summed E-state index contributed by atoms with van der Waals surface area (Å²) in [5.74, 6) is 0.582. The predicted molar refractivity (Wildman–Crippen MR) is 57.9 cm³/mol. The van der Waals surface area contributed by atoms with Gasteiger partial charge in [0, 0.05) is 18.5 Å². The summed E-state index contributed by atoms with van der Waals surface area (Å²) in [6.45, 7) is 1.20. The van der Waals surface area contributed by atoms with Gasteiger partial charge >= 0.3 is 0 Å². The highest BCUT2D eigenvalue weighted by atomic mass is 16.5. The van der Waals surface area contributed by atoms with Crippen molar-refractivity contribution in [1.29, 1.82) is 0 Å². The summed E-state index contributed by atoms with van der Waals surface area (Å²) in [4.78, 5) is 2.39. The van der Waals surface area contributed by atoms with E-state index in [-0.39, 0.29) is 0 Å². The third kappa shape index (κ3) is 2.45. The summed E-state index contributed by atoms with van der Waals surface area (Å²) < 4.78 is 4.98. The number of aromatic nitrogens is 2. The minimum Gasteiger partial charge on any atom is -0.480 e. The van der Waals surface area contributed by atoms with Crippen LogP contribution in [0.4, 0.5) is 0 Å². The Morgan fingerprint density at radius 2 is 2.33 bits per heavy atom. The fourth-order valence-corrected chi connectivity index (χ4v) is 2.04. The van der Waals surface area contributed by atoms with Crippen LogP contribution in [0, 0.1) is 0 Å². The van der Waals surface area contributed by atoms with Gasteiger partial charge in [0.1, 0.15) is 0 Å². The molecule has 1 atom stereocenters. The second-order valence-electron chi connectivity index (χ2n) is 4.05. The van der Waals surface area contributed by atoms with Gasteiger partial charge in [-0.1, -0.05) is 0 Å². The van der Waals surface area contributed by atoms with E-state index in [0.717, 1.165) is 12.1 Å². The molecule has 15 heavy (non-hydrogen) atoms. The van der Waals surface area contributed by atoms with Crippen molar-refractivity contribution in [2.24, 2.45) is 0 Å². The number of hydrogen-bond acceptors (Lipinski definition) is 4. The van der Waals surface area contributed by atoms with Crippen molar-refractivity contribution in [3.63, 3.8) is 0 Å². The predicted octanol–water partition coefficient (Wildman–Crippen LogP) is 1.12. The Morgan fingerprint density at radius 3 is 2.87 bits per heavy atom. The maximum Gasteiger partial charge on any atom is 0.233 e. The van der Waals surface area contributed by atoms with Gasteiger partial charge < -0.3 is 9.64 Å².